The van der Waals surface area contributed by atoms with Gasteiger partial charge in [-0.1, -0.05) is 20.8 Å². The standard InChI is InChI=1S/C15H30NO7P/c1-7-15(13(17)20-10-4,14(18)21-11-5)23-24(19,22-12-6)16(8-2)9-3/h7-12H2,1-6H3. The molecule has 0 aromatic carbocycles. The second kappa shape index (κ2) is 10.8. The van der Waals surface area contributed by atoms with Crippen LogP contribution in [0.15, 0.2) is 0 Å². The van der Waals surface area contributed by atoms with Crippen molar-refractivity contribution in [2.75, 3.05) is 32.9 Å². The largest absolute Gasteiger partial charge is 0.463 e. The fourth-order valence-corrected chi connectivity index (χ4v) is 4.12. The first kappa shape index (κ1) is 23.1. The minimum atomic E-state index is -3.89. The van der Waals surface area contributed by atoms with Gasteiger partial charge in [0.1, 0.15) is 0 Å². The highest BCUT2D eigenvalue weighted by Crippen LogP contribution is 2.55. The maximum absolute atomic E-state index is 13.2. The number of esters is 2. The highest BCUT2D eigenvalue weighted by Gasteiger charge is 2.55. The van der Waals surface area contributed by atoms with Gasteiger partial charge in [0.05, 0.1) is 19.8 Å². The van der Waals surface area contributed by atoms with Crippen molar-refractivity contribution in [1.29, 1.82) is 0 Å². The molecular weight excluding hydrogens is 337 g/mol. The summed E-state index contributed by atoms with van der Waals surface area (Å²) in [6.45, 7) is 10.9. The number of rotatable bonds is 12. The summed E-state index contributed by atoms with van der Waals surface area (Å²) in [7, 11) is -3.89. The first-order valence-electron chi connectivity index (χ1n) is 8.36. The van der Waals surface area contributed by atoms with Gasteiger partial charge >= 0.3 is 19.7 Å². The fraction of sp³-hybridized carbons (Fsp3) is 0.867. The van der Waals surface area contributed by atoms with Gasteiger partial charge in [-0.2, -0.15) is 0 Å². The molecule has 0 aliphatic heterocycles. The molecule has 8 nitrogen and oxygen atoms in total. The molecule has 0 saturated carbocycles. The SMILES string of the molecule is CCOC(=O)C(CC)(OP(=O)(OCC)N(CC)CC)C(=O)OCC. The molecule has 0 aliphatic rings. The minimum Gasteiger partial charge on any atom is -0.463 e. The van der Waals surface area contributed by atoms with Crippen LogP contribution in [0.2, 0.25) is 0 Å². The van der Waals surface area contributed by atoms with Crippen molar-refractivity contribution in [3.05, 3.63) is 0 Å². The van der Waals surface area contributed by atoms with Crippen LogP contribution in [0.1, 0.15) is 48.0 Å². The summed E-state index contributed by atoms with van der Waals surface area (Å²) < 4.78 is 35.6. The van der Waals surface area contributed by atoms with Crippen molar-refractivity contribution in [3.63, 3.8) is 0 Å². The van der Waals surface area contributed by atoms with E-state index in [4.69, 9.17) is 18.5 Å². The van der Waals surface area contributed by atoms with Crippen molar-refractivity contribution in [3.8, 4) is 0 Å². The van der Waals surface area contributed by atoms with Crippen LogP contribution >= 0.6 is 7.75 Å². The quantitative estimate of drug-likeness (QED) is 0.295. The molecule has 0 heterocycles. The van der Waals surface area contributed by atoms with Gasteiger partial charge < -0.3 is 9.47 Å². The molecule has 0 rings (SSSR count). The Morgan fingerprint density at radius 1 is 0.875 bits per heavy atom. The molecule has 0 N–H and O–H groups in total. The third kappa shape index (κ3) is 5.28. The lowest BCUT2D eigenvalue weighted by molar-refractivity contribution is -0.181. The Labute approximate surface area is 144 Å². The van der Waals surface area contributed by atoms with Crippen molar-refractivity contribution in [2.24, 2.45) is 0 Å². The lowest BCUT2D eigenvalue weighted by Gasteiger charge is -2.35. The molecule has 0 aromatic rings. The van der Waals surface area contributed by atoms with Gasteiger partial charge in [0.15, 0.2) is 0 Å². The third-order valence-electron chi connectivity index (χ3n) is 3.35. The smallest absolute Gasteiger partial charge is 0.409 e. The predicted octanol–water partition coefficient (Wildman–Crippen LogP) is 2.76. The van der Waals surface area contributed by atoms with Gasteiger partial charge in [-0.25, -0.2) is 18.8 Å². The summed E-state index contributed by atoms with van der Waals surface area (Å²) in [6.07, 6.45) is -0.0942. The molecule has 0 bridgehead atoms. The van der Waals surface area contributed by atoms with Crippen LogP contribution in [-0.2, 0) is 32.7 Å². The van der Waals surface area contributed by atoms with Crippen LogP contribution < -0.4 is 0 Å². The number of hydrogen-bond donors (Lipinski definition) is 0. The Bertz CT molecular complexity index is 433. The maximum Gasteiger partial charge on any atom is 0.409 e. The van der Waals surface area contributed by atoms with E-state index in [-0.39, 0.29) is 26.2 Å². The molecule has 0 amide bonds. The van der Waals surface area contributed by atoms with Crippen LogP contribution in [0.25, 0.3) is 0 Å². The molecule has 0 aromatic heterocycles. The van der Waals surface area contributed by atoms with Crippen LogP contribution in [0, 0.1) is 0 Å². The van der Waals surface area contributed by atoms with E-state index in [1.807, 2.05) is 0 Å². The zero-order chi connectivity index (χ0) is 18.8. The number of nitrogens with zero attached hydrogens (tertiary/aromatic N) is 1. The molecule has 0 radical (unpaired) electrons. The summed E-state index contributed by atoms with van der Waals surface area (Å²) in [4.78, 5) is 24.9. The molecule has 0 aliphatic carbocycles. The Morgan fingerprint density at radius 3 is 1.62 bits per heavy atom. The molecule has 0 fully saturated rings. The zero-order valence-corrected chi connectivity index (χ0v) is 16.4. The summed E-state index contributed by atoms with van der Waals surface area (Å²) in [5.74, 6) is -1.86. The van der Waals surface area contributed by atoms with Gasteiger partial charge in [0.2, 0.25) is 0 Å². The van der Waals surface area contributed by atoms with Gasteiger partial charge in [-0.05, 0) is 27.2 Å². The summed E-state index contributed by atoms with van der Waals surface area (Å²) in [5, 5.41) is 0. The maximum atomic E-state index is 13.2. The number of ether oxygens (including phenoxy) is 2. The molecule has 142 valence electrons. The number of carbonyl (C=O) groups is 2. The monoisotopic (exact) mass is 367 g/mol. The molecule has 1 unspecified atom stereocenters. The van der Waals surface area contributed by atoms with Gasteiger partial charge in [0.25, 0.3) is 5.60 Å². The first-order valence-corrected chi connectivity index (χ1v) is 9.86. The Kier molecular flexibility index (Phi) is 10.4. The lowest BCUT2D eigenvalue weighted by atomic mass is 10.0. The molecule has 24 heavy (non-hydrogen) atoms. The molecular formula is C15H30NO7P. The highest BCUT2D eigenvalue weighted by atomic mass is 31.2. The van der Waals surface area contributed by atoms with E-state index in [1.165, 1.54) is 4.67 Å². The average Bonchev–Trinajstić information content (AvgIpc) is 2.54. The number of carbonyl (C=O) groups excluding carboxylic acids is 2. The van der Waals surface area contributed by atoms with Gasteiger partial charge in [-0.3, -0.25) is 9.05 Å². The Morgan fingerprint density at radius 2 is 1.33 bits per heavy atom. The normalized spacial score (nSPS) is 14.3. The summed E-state index contributed by atoms with van der Waals surface area (Å²) in [5.41, 5.74) is -2.13. The van der Waals surface area contributed by atoms with Crippen molar-refractivity contribution >= 4 is 19.7 Å². The van der Waals surface area contributed by atoms with E-state index < -0.39 is 25.3 Å². The Balaban J connectivity index is 5.97. The second-order valence-corrected chi connectivity index (χ2v) is 6.68. The third-order valence-corrected chi connectivity index (χ3v) is 5.73. The van der Waals surface area contributed by atoms with Crippen LogP contribution in [0.3, 0.4) is 0 Å². The predicted molar refractivity (Wildman–Crippen MR) is 89.5 cm³/mol. The summed E-state index contributed by atoms with van der Waals surface area (Å²) in [6, 6.07) is 0. The topological polar surface area (TPSA) is 91.4 Å². The average molecular weight is 367 g/mol. The number of hydrogen-bond acceptors (Lipinski definition) is 7. The van der Waals surface area contributed by atoms with E-state index in [0.29, 0.717) is 13.1 Å². The van der Waals surface area contributed by atoms with Crippen LogP contribution in [0.4, 0.5) is 0 Å². The second-order valence-electron chi connectivity index (χ2n) is 4.74. The van der Waals surface area contributed by atoms with Gasteiger partial charge in [0, 0.05) is 13.1 Å². The fourth-order valence-electron chi connectivity index (χ4n) is 2.10. The summed E-state index contributed by atoms with van der Waals surface area (Å²) >= 11 is 0. The van der Waals surface area contributed by atoms with E-state index in [1.54, 1.807) is 41.5 Å². The zero-order valence-electron chi connectivity index (χ0n) is 15.5. The molecule has 0 spiro atoms. The van der Waals surface area contributed by atoms with Crippen molar-refractivity contribution < 1.29 is 32.7 Å². The van der Waals surface area contributed by atoms with E-state index in [0.717, 1.165) is 0 Å². The molecule has 9 heteroatoms. The van der Waals surface area contributed by atoms with Crippen LogP contribution in [-0.4, -0.2) is 55.1 Å². The van der Waals surface area contributed by atoms with Crippen molar-refractivity contribution in [2.45, 2.75) is 53.6 Å². The van der Waals surface area contributed by atoms with Gasteiger partial charge in [-0.15, -0.1) is 0 Å². The molecule has 1 atom stereocenters. The van der Waals surface area contributed by atoms with Crippen molar-refractivity contribution in [1.82, 2.24) is 4.67 Å². The van der Waals surface area contributed by atoms with Crippen LogP contribution in [0.5, 0.6) is 0 Å². The minimum absolute atomic E-state index is 0.0492. The molecule has 0 saturated heterocycles. The first-order chi connectivity index (χ1) is 11.3. The highest BCUT2D eigenvalue weighted by molar-refractivity contribution is 7.51. The lowest BCUT2D eigenvalue weighted by Crippen LogP contribution is -2.51. The Hall–Kier alpha value is -0.950. The van der Waals surface area contributed by atoms with E-state index in [2.05, 4.69) is 0 Å². The van der Waals surface area contributed by atoms with E-state index >= 15 is 0 Å². The van der Waals surface area contributed by atoms with E-state index in [9.17, 15) is 14.2 Å².